The van der Waals surface area contributed by atoms with Gasteiger partial charge in [-0.05, 0) is 31.5 Å². The van der Waals surface area contributed by atoms with Crippen molar-refractivity contribution in [3.63, 3.8) is 0 Å². The maximum Gasteiger partial charge on any atom is 0.192 e. The minimum Gasteiger partial charge on any atom is -0.414 e. The predicted molar refractivity (Wildman–Crippen MR) is 86.1 cm³/mol. The van der Waals surface area contributed by atoms with Gasteiger partial charge in [-0.2, -0.15) is 0 Å². The Morgan fingerprint density at radius 3 is 2.15 bits per heavy atom. The van der Waals surface area contributed by atoms with Gasteiger partial charge in [-0.1, -0.05) is 40.5 Å². The molecule has 2 rings (SSSR count). The summed E-state index contributed by atoms with van der Waals surface area (Å²) < 4.78 is 12.7. The van der Waals surface area contributed by atoms with Gasteiger partial charge in [0.25, 0.3) is 0 Å². The number of hydrogen-bond acceptors (Lipinski definition) is 2. The molecular formula is C17H30O2Si. The van der Waals surface area contributed by atoms with E-state index in [1.165, 1.54) is 0 Å². The van der Waals surface area contributed by atoms with E-state index in [1.807, 2.05) is 0 Å². The number of hydrogen-bond donors (Lipinski definition) is 0. The van der Waals surface area contributed by atoms with Gasteiger partial charge >= 0.3 is 0 Å². The molecule has 0 unspecified atom stereocenters. The van der Waals surface area contributed by atoms with E-state index in [9.17, 15) is 0 Å². The quantitative estimate of drug-likeness (QED) is 0.429. The van der Waals surface area contributed by atoms with E-state index in [4.69, 9.17) is 15.6 Å². The standard InChI is InChI=1S/C17H30O2Si/c1-10-17-15(5,6)11-13(12-16(17,7)19-17)18-20(8,9)14(2,3)4/h1,13H,11-12H2,2-9H3/t13-,16+,17-/m0/s1. The van der Waals surface area contributed by atoms with Crippen molar-refractivity contribution in [1.29, 1.82) is 0 Å². The lowest BCUT2D eigenvalue weighted by atomic mass is 9.63. The van der Waals surface area contributed by atoms with Gasteiger partial charge in [0.15, 0.2) is 13.9 Å². The molecule has 0 aromatic heterocycles. The summed E-state index contributed by atoms with van der Waals surface area (Å²) in [5.41, 5.74) is -0.606. The minimum atomic E-state index is -1.74. The highest BCUT2D eigenvalue weighted by Gasteiger charge is 2.76. The van der Waals surface area contributed by atoms with Gasteiger partial charge in [0.2, 0.25) is 0 Å². The molecule has 20 heavy (non-hydrogen) atoms. The van der Waals surface area contributed by atoms with Crippen LogP contribution in [-0.4, -0.2) is 25.6 Å². The molecule has 0 spiro atoms. The minimum absolute atomic E-state index is 0.0260. The van der Waals surface area contributed by atoms with E-state index in [2.05, 4.69) is 60.6 Å². The van der Waals surface area contributed by atoms with Crippen molar-refractivity contribution in [3.8, 4) is 12.3 Å². The SMILES string of the molecule is C#C[C@@]12O[C@]1(C)C[C@@H](O[Si](C)(C)C(C)(C)C)CC2(C)C. The average Bonchev–Trinajstić information content (AvgIpc) is 2.82. The van der Waals surface area contributed by atoms with E-state index in [0.29, 0.717) is 0 Å². The monoisotopic (exact) mass is 294 g/mol. The largest absolute Gasteiger partial charge is 0.414 e. The van der Waals surface area contributed by atoms with Crippen LogP contribution in [0, 0.1) is 17.8 Å². The predicted octanol–water partition coefficient (Wildman–Crippen LogP) is 4.36. The van der Waals surface area contributed by atoms with Crippen molar-refractivity contribution >= 4 is 8.32 Å². The highest BCUT2D eigenvalue weighted by molar-refractivity contribution is 6.74. The van der Waals surface area contributed by atoms with Gasteiger partial charge in [0, 0.05) is 17.9 Å². The second-order valence-corrected chi connectivity index (χ2v) is 13.7. The van der Waals surface area contributed by atoms with Gasteiger partial charge in [-0.3, -0.25) is 0 Å². The molecule has 1 aliphatic heterocycles. The molecule has 0 aromatic carbocycles. The molecule has 0 radical (unpaired) electrons. The highest BCUT2D eigenvalue weighted by atomic mass is 28.4. The lowest BCUT2D eigenvalue weighted by Crippen LogP contribution is -2.51. The zero-order chi connectivity index (χ0) is 15.6. The summed E-state index contributed by atoms with van der Waals surface area (Å²) in [6, 6.07) is 0. The van der Waals surface area contributed by atoms with Crippen LogP contribution in [0.3, 0.4) is 0 Å². The van der Waals surface area contributed by atoms with Crippen LogP contribution in [0.4, 0.5) is 0 Å². The number of fused-ring (bicyclic) bond motifs is 1. The zero-order valence-corrected chi connectivity index (χ0v) is 15.4. The second-order valence-electron chi connectivity index (χ2n) is 8.95. The van der Waals surface area contributed by atoms with E-state index in [0.717, 1.165) is 12.8 Å². The maximum absolute atomic E-state index is 6.62. The Morgan fingerprint density at radius 1 is 1.20 bits per heavy atom. The maximum atomic E-state index is 6.62. The Kier molecular flexibility index (Phi) is 3.31. The first-order valence-electron chi connectivity index (χ1n) is 7.66. The lowest BCUT2D eigenvalue weighted by Gasteiger charge is -2.45. The summed E-state index contributed by atoms with van der Waals surface area (Å²) in [6.07, 6.45) is 7.95. The van der Waals surface area contributed by atoms with Crippen molar-refractivity contribution in [2.24, 2.45) is 5.41 Å². The molecule has 1 aliphatic carbocycles. The summed E-state index contributed by atoms with van der Waals surface area (Å²) >= 11 is 0. The van der Waals surface area contributed by atoms with Crippen LogP contribution >= 0.6 is 0 Å². The Bertz CT molecular complexity index is 455. The van der Waals surface area contributed by atoms with E-state index < -0.39 is 8.32 Å². The Balaban J connectivity index is 2.18. The van der Waals surface area contributed by atoms with Gasteiger partial charge in [0.05, 0.1) is 0 Å². The summed E-state index contributed by atoms with van der Waals surface area (Å²) in [5, 5.41) is 0.239. The summed E-state index contributed by atoms with van der Waals surface area (Å²) in [5.74, 6) is 2.93. The molecule has 0 aromatic rings. The molecule has 1 heterocycles. The number of ether oxygens (including phenoxy) is 1. The molecule has 0 amide bonds. The van der Waals surface area contributed by atoms with Crippen LogP contribution in [0.2, 0.25) is 18.1 Å². The molecule has 0 bridgehead atoms. The van der Waals surface area contributed by atoms with Crippen molar-refractivity contribution in [2.75, 3.05) is 0 Å². The smallest absolute Gasteiger partial charge is 0.192 e. The van der Waals surface area contributed by atoms with Gasteiger partial charge < -0.3 is 9.16 Å². The van der Waals surface area contributed by atoms with Gasteiger partial charge in [-0.25, -0.2) is 0 Å². The first-order valence-corrected chi connectivity index (χ1v) is 10.6. The molecule has 0 N–H and O–H groups in total. The molecule has 3 heteroatoms. The number of terminal acetylenes is 1. The topological polar surface area (TPSA) is 21.8 Å². The molecule has 1 saturated heterocycles. The number of epoxide rings is 1. The molecule has 3 atom stereocenters. The van der Waals surface area contributed by atoms with Gasteiger partial charge in [0.1, 0.15) is 5.60 Å². The fourth-order valence-corrected chi connectivity index (χ4v) is 4.98. The van der Waals surface area contributed by atoms with E-state index >= 15 is 0 Å². The van der Waals surface area contributed by atoms with Crippen LogP contribution in [0.1, 0.15) is 54.4 Å². The highest BCUT2D eigenvalue weighted by Crippen LogP contribution is 2.65. The fraction of sp³-hybridized carbons (Fsp3) is 0.882. The van der Waals surface area contributed by atoms with Gasteiger partial charge in [-0.15, -0.1) is 6.42 Å². The molecular weight excluding hydrogens is 264 g/mol. The fourth-order valence-electron chi connectivity index (χ4n) is 3.63. The Hall–Kier alpha value is -0.303. The van der Waals surface area contributed by atoms with Crippen LogP contribution in [0.25, 0.3) is 0 Å². The van der Waals surface area contributed by atoms with Crippen LogP contribution in [-0.2, 0) is 9.16 Å². The van der Waals surface area contributed by atoms with Crippen LogP contribution < -0.4 is 0 Å². The third-order valence-corrected chi connectivity index (χ3v) is 10.4. The van der Waals surface area contributed by atoms with E-state index in [1.54, 1.807) is 0 Å². The molecule has 2 aliphatic rings. The molecule has 1 saturated carbocycles. The van der Waals surface area contributed by atoms with E-state index in [-0.39, 0.29) is 27.8 Å². The normalized spacial score (nSPS) is 39.9. The number of rotatable bonds is 2. The second kappa shape index (κ2) is 4.12. The Labute approximate surface area is 125 Å². The summed E-state index contributed by atoms with van der Waals surface area (Å²) in [4.78, 5) is 0. The summed E-state index contributed by atoms with van der Waals surface area (Å²) in [6.45, 7) is 18.1. The average molecular weight is 295 g/mol. The first kappa shape index (κ1) is 16.1. The third kappa shape index (κ3) is 2.08. The lowest BCUT2D eigenvalue weighted by molar-refractivity contribution is 0.0616. The molecule has 2 nitrogen and oxygen atoms in total. The van der Waals surface area contributed by atoms with Crippen molar-refractivity contribution < 1.29 is 9.16 Å². The molecule has 2 fully saturated rings. The van der Waals surface area contributed by atoms with Crippen molar-refractivity contribution in [1.82, 2.24) is 0 Å². The van der Waals surface area contributed by atoms with Crippen molar-refractivity contribution in [2.45, 2.75) is 89.8 Å². The van der Waals surface area contributed by atoms with Crippen LogP contribution in [0.15, 0.2) is 0 Å². The zero-order valence-electron chi connectivity index (χ0n) is 14.4. The summed E-state index contributed by atoms with van der Waals surface area (Å²) in [7, 11) is -1.74. The Morgan fingerprint density at radius 2 is 1.75 bits per heavy atom. The first-order chi connectivity index (χ1) is 8.80. The van der Waals surface area contributed by atoms with Crippen molar-refractivity contribution in [3.05, 3.63) is 0 Å². The van der Waals surface area contributed by atoms with Crippen LogP contribution in [0.5, 0.6) is 0 Å². The molecule has 114 valence electrons. The third-order valence-electron chi connectivity index (χ3n) is 5.86.